The van der Waals surface area contributed by atoms with E-state index in [0.29, 0.717) is 6.54 Å². The monoisotopic (exact) mass is 312 g/mol. The van der Waals surface area contributed by atoms with Crippen LogP contribution in [0.5, 0.6) is 5.75 Å². The quantitative estimate of drug-likeness (QED) is 0.823. The van der Waals surface area contributed by atoms with Gasteiger partial charge in [-0.05, 0) is 44.0 Å². The highest BCUT2D eigenvalue weighted by Gasteiger charge is 2.34. The molecule has 23 heavy (non-hydrogen) atoms. The first-order valence-electron chi connectivity index (χ1n) is 7.74. The number of amides is 1. The van der Waals surface area contributed by atoms with Crippen molar-refractivity contribution in [2.24, 2.45) is 0 Å². The summed E-state index contributed by atoms with van der Waals surface area (Å²) >= 11 is 0. The minimum absolute atomic E-state index is 0.0797. The van der Waals surface area contributed by atoms with Gasteiger partial charge in [0.2, 0.25) is 5.91 Å². The maximum Gasteiger partial charge on any atom is 0.232 e. The smallest absolute Gasteiger partial charge is 0.232 e. The van der Waals surface area contributed by atoms with Crippen molar-refractivity contribution in [3.63, 3.8) is 0 Å². The summed E-state index contributed by atoms with van der Waals surface area (Å²) in [5.41, 5.74) is 1.44. The van der Waals surface area contributed by atoms with Crippen LogP contribution in [0.2, 0.25) is 0 Å². The average Bonchev–Trinajstić information content (AvgIpc) is 2.59. The molecule has 4 nitrogen and oxygen atoms in total. The zero-order valence-corrected chi connectivity index (χ0v) is 14.2. The molecule has 0 aliphatic rings. The number of benzene rings is 1. The van der Waals surface area contributed by atoms with Gasteiger partial charge in [-0.2, -0.15) is 0 Å². The van der Waals surface area contributed by atoms with Crippen LogP contribution in [0.1, 0.15) is 25.0 Å². The van der Waals surface area contributed by atoms with E-state index in [1.165, 1.54) is 5.56 Å². The summed E-state index contributed by atoms with van der Waals surface area (Å²) in [6, 6.07) is 11.6. The Morgan fingerprint density at radius 1 is 1.17 bits per heavy atom. The number of pyridine rings is 1. The summed E-state index contributed by atoms with van der Waals surface area (Å²) in [4.78, 5) is 18.7. The standard InChI is InChI=1S/C19H24N2O2/c1-19(2,16-7-5-6-8-17(16)23-4)18(22)21(3)14-11-15-9-12-20-13-10-15/h5-10,12-13H,11,14H2,1-4H3. The number of carbonyl (C=O) groups excluding carboxylic acids is 1. The fraction of sp³-hybridized carbons (Fsp3) is 0.368. The minimum Gasteiger partial charge on any atom is -0.496 e. The molecule has 2 aromatic rings. The highest BCUT2D eigenvalue weighted by molar-refractivity contribution is 5.88. The molecule has 0 saturated heterocycles. The van der Waals surface area contributed by atoms with Crippen molar-refractivity contribution in [1.82, 2.24) is 9.88 Å². The largest absolute Gasteiger partial charge is 0.496 e. The Labute approximate surface area is 138 Å². The molecule has 0 bridgehead atoms. The molecule has 2 rings (SSSR count). The zero-order valence-electron chi connectivity index (χ0n) is 14.2. The molecule has 0 radical (unpaired) electrons. The summed E-state index contributed by atoms with van der Waals surface area (Å²) in [6.45, 7) is 4.55. The van der Waals surface area contributed by atoms with E-state index in [-0.39, 0.29) is 5.91 Å². The van der Waals surface area contributed by atoms with Gasteiger partial charge in [-0.1, -0.05) is 18.2 Å². The normalized spacial score (nSPS) is 11.1. The molecule has 0 atom stereocenters. The van der Waals surface area contributed by atoms with Crippen molar-refractivity contribution < 1.29 is 9.53 Å². The number of para-hydroxylation sites is 1. The summed E-state index contributed by atoms with van der Waals surface area (Å²) < 4.78 is 5.41. The van der Waals surface area contributed by atoms with Gasteiger partial charge in [0, 0.05) is 31.5 Å². The van der Waals surface area contributed by atoms with Gasteiger partial charge in [-0.15, -0.1) is 0 Å². The fourth-order valence-corrected chi connectivity index (χ4v) is 2.70. The first kappa shape index (κ1) is 17.0. The fourth-order valence-electron chi connectivity index (χ4n) is 2.70. The zero-order chi connectivity index (χ0) is 16.9. The molecule has 0 aliphatic carbocycles. The second kappa shape index (κ2) is 7.27. The molecular formula is C19H24N2O2. The van der Waals surface area contributed by atoms with E-state index < -0.39 is 5.41 Å². The number of likely N-dealkylation sites (N-methyl/N-ethyl adjacent to an activating group) is 1. The number of carbonyl (C=O) groups is 1. The van der Waals surface area contributed by atoms with E-state index in [0.717, 1.165) is 17.7 Å². The first-order chi connectivity index (χ1) is 11.0. The van der Waals surface area contributed by atoms with Crippen LogP contribution in [-0.4, -0.2) is 36.5 Å². The van der Waals surface area contributed by atoms with E-state index in [2.05, 4.69) is 4.98 Å². The van der Waals surface area contributed by atoms with E-state index in [4.69, 9.17) is 4.74 Å². The van der Waals surface area contributed by atoms with Crippen LogP contribution < -0.4 is 4.74 Å². The van der Waals surface area contributed by atoms with Crippen LogP contribution in [0.3, 0.4) is 0 Å². The van der Waals surface area contributed by atoms with Gasteiger partial charge in [0.1, 0.15) is 5.75 Å². The third kappa shape index (κ3) is 3.89. The summed E-state index contributed by atoms with van der Waals surface area (Å²) in [5.74, 6) is 0.824. The number of hydrogen-bond acceptors (Lipinski definition) is 3. The molecule has 0 spiro atoms. The summed E-state index contributed by atoms with van der Waals surface area (Å²) in [6.07, 6.45) is 4.36. The molecule has 4 heteroatoms. The van der Waals surface area contributed by atoms with Crippen LogP contribution in [0.15, 0.2) is 48.8 Å². The number of methoxy groups -OCH3 is 1. The molecule has 0 aliphatic heterocycles. The molecule has 122 valence electrons. The lowest BCUT2D eigenvalue weighted by Crippen LogP contribution is -2.42. The van der Waals surface area contributed by atoms with Crippen LogP contribution in [-0.2, 0) is 16.6 Å². The third-order valence-corrected chi connectivity index (χ3v) is 4.15. The number of hydrogen-bond donors (Lipinski definition) is 0. The molecular weight excluding hydrogens is 288 g/mol. The van der Waals surface area contributed by atoms with E-state index >= 15 is 0 Å². The second-order valence-electron chi connectivity index (χ2n) is 6.16. The molecule has 1 aromatic carbocycles. The lowest BCUT2D eigenvalue weighted by molar-refractivity contribution is -0.134. The van der Waals surface area contributed by atoms with Gasteiger partial charge in [-0.25, -0.2) is 0 Å². The van der Waals surface area contributed by atoms with Crippen molar-refractivity contribution in [2.45, 2.75) is 25.7 Å². The second-order valence-corrected chi connectivity index (χ2v) is 6.16. The van der Waals surface area contributed by atoms with E-state index in [1.807, 2.05) is 57.3 Å². The highest BCUT2D eigenvalue weighted by Crippen LogP contribution is 2.32. The molecule has 0 saturated carbocycles. The van der Waals surface area contributed by atoms with E-state index in [9.17, 15) is 4.79 Å². The predicted molar refractivity (Wildman–Crippen MR) is 91.6 cm³/mol. The minimum atomic E-state index is -0.639. The van der Waals surface area contributed by atoms with E-state index in [1.54, 1.807) is 24.4 Å². The van der Waals surface area contributed by atoms with Crippen LogP contribution >= 0.6 is 0 Å². The molecule has 1 heterocycles. The van der Waals surface area contributed by atoms with Crippen LogP contribution in [0.4, 0.5) is 0 Å². The molecule has 1 amide bonds. The van der Waals surface area contributed by atoms with Crippen molar-refractivity contribution in [3.05, 3.63) is 59.9 Å². The Morgan fingerprint density at radius 2 is 1.83 bits per heavy atom. The van der Waals surface area contributed by atoms with Gasteiger partial charge in [0.25, 0.3) is 0 Å². The van der Waals surface area contributed by atoms with Crippen molar-refractivity contribution in [2.75, 3.05) is 20.7 Å². The molecule has 1 aromatic heterocycles. The molecule has 0 N–H and O–H groups in total. The Hall–Kier alpha value is -2.36. The SMILES string of the molecule is COc1ccccc1C(C)(C)C(=O)N(C)CCc1ccncc1. The van der Waals surface area contributed by atoms with Gasteiger partial charge >= 0.3 is 0 Å². The maximum absolute atomic E-state index is 12.9. The topological polar surface area (TPSA) is 42.4 Å². The number of aromatic nitrogens is 1. The molecule has 0 fully saturated rings. The highest BCUT2D eigenvalue weighted by atomic mass is 16.5. The molecule has 0 unspecified atom stereocenters. The lowest BCUT2D eigenvalue weighted by Gasteiger charge is -2.31. The lowest BCUT2D eigenvalue weighted by atomic mass is 9.82. The maximum atomic E-state index is 12.9. The third-order valence-electron chi connectivity index (χ3n) is 4.15. The number of rotatable bonds is 6. The first-order valence-corrected chi connectivity index (χ1v) is 7.74. The van der Waals surface area contributed by atoms with Gasteiger partial charge in [-0.3, -0.25) is 9.78 Å². The van der Waals surface area contributed by atoms with Gasteiger partial charge < -0.3 is 9.64 Å². The number of ether oxygens (including phenoxy) is 1. The summed E-state index contributed by atoms with van der Waals surface area (Å²) in [7, 11) is 3.48. The van der Waals surface area contributed by atoms with Crippen molar-refractivity contribution in [1.29, 1.82) is 0 Å². The number of nitrogens with zero attached hydrogens (tertiary/aromatic N) is 2. The summed E-state index contributed by atoms with van der Waals surface area (Å²) in [5, 5.41) is 0. The van der Waals surface area contributed by atoms with Crippen molar-refractivity contribution in [3.8, 4) is 5.75 Å². The van der Waals surface area contributed by atoms with Crippen molar-refractivity contribution >= 4 is 5.91 Å². The Bertz CT molecular complexity index is 653. The van der Waals surface area contributed by atoms with Crippen LogP contribution in [0.25, 0.3) is 0 Å². The Balaban J connectivity index is 2.11. The Morgan fingerprint density at radius 3 is 2.48 bits per heavy atom. The van der Waals surface area contributed by atoms with Gasteiger partial charge in [0.05, 0.1) is 12.5 Å². The van der Waals surface area contributed by atoms with Crippen LogP contribution in [0, 0.1) is 0 Å². The predicted octanol–water partition coefficient (Wildman–Crippen LogP) is 3.07. The Kier molecular flexibility index (Phi) is 5.37. The average molecular weight is 312 g/mol. The van der Waals surface area contributed by atoms with Gasteiger partial charge in [0.15, 0.2) is 0 Å².